The molecule has 8 heteroatoms. The minimum atomic E-state index is -0.347. The molecule has 130 valence electrons. The smallest absolute Gasteiger partial charge is 0.319 e. The van der Waals surface area contributed by atoms with Gasteiger partial charge in [0.25, 0.3) is 0 Å². The zero-order chi connectivity index (χ0) is 17.2. The van der Waals surface area contributed by atoms with Crippen LogP contribution in [0.3, 0.4) is 0 Å². The van der Waals surface area contributed by atoms with Gasteiger partial charge in [-0.15, -0.1) is 0 Å². The number of carbonyl (C=O) groups excluding carboxylic acids is 2. The number of nitrogens with one attached hydrogen (secondary N) is 3. The van der Waals surface area contributed by atoms with Gasteiger partial charge in [-0.25, -0.2) is 4.79 Å². The summed E-state index contributed by atoms with van der Waals surface area (Å²) in [5, 5.41) is 8.90. The van der Waals surface area contributed by atoms with Gasteiger partial charge in [0.15, 0.2) is 0 Å². The SMILES string of the molecule is O=C(NCC1CC2(CCNCC2)C(=O)O1)Nc1cc(I)cc(I)c1. The lowest BCUT2D eigenvalue weighted by molar-refractivity contribution is -0.149. The molecule has 3 rings (SSSR count). The standard InChI is InChI=1S/C16H19I2N3O3/c17-10-5-11(18)7-12(6-10)21-15(23)20-9-13-8-16(14(22)24-13)1-3-19-4-2-16/h5-7,13,19H,1-4,8-9H2,(H2,20,21,23). The molecule has 0 saturated carbocycles. The molecule has 2 aliphatic heterocycles. The van der Waals surface area contributed by atoms with Crippen LogP contribution < -0.4 is 16.0 Å². The Morgan fingerprint density at radius 3 is 2.58 bits per heavy atom. The van der Waals surface area contributed by atoms with Gasteiger partial charge in [-0.3, -0.25) is 4.79 Å². The molecule has 2 heterocycles. The second kappa shape index (κ2) is 7.73. The van der Waals surface area contributed by atoms with Crippen molar-refractivity contribution in [3.63, 3.8) is 0 Å². The van der Waals surface area contributed by atoms with Crippen molar-refractivity contribution in [2.75, 3.05) is 25.0 Å². The molecule has 1 spiro atoms. The first-order valence-electron chi connectivity index (χ1n) is 7.90. The van der Waals surface area contributed by atoms with Gasteiger partial charge < -0.3 is 20.7 Å². The summed E-state index contributed by atoms with van der Waals surface area (Å²) in [7, 11) is 0. The number of amides is 2. The fraction of sp³-hybridized carbons (Fsp3) is 0.500. The van der Waals surface area contributed by atoms with E-state index >= 15 is 0 Å². The summed E-state index contributed by atoms with van der Waals surface area (Å²) >= 11 is 4.43. The number of piperidine rings is 1. The second-order valence-corrected chi connectivity index (χ2v) is 8.75. The minimum Gasteiger partial charge on any atom is -0.460 e. The lowest BCUT2D eigenvalue weighted by Gasteiger charge is -2.29. The zero-order valence-corrected chi connectivity index (χ0v) is 17.3. The Morgan fingerprint density at radius 2 is 1.92 bits per heavy atom. The van der Waals surface area contributed by atoms with Crippen LogP contribution in [0.25, 0.3) is 0 Å². The van der Waals surface area contributed by atoms with Crippen LogP contribution in [-0.2, 0) is 9.53 Å². The number of cyclic esters (lactones) is 1. The van der Waals surface area contributed by atoms with Crippen LogP contribution in [0.1, 0.15) is 19.3 Å². The van der Waals surface area contributed by atoms with E-state index in [2.05, 4.69) is 61.1 Å². The minimum absolute atomic E-state index is 0.108. The van der Waals surface area contributed by atoms with Crippen LogP contribution in [0.4, 0.5) is 10.5 Å². The van der Waals surface area contributed by atoms with Gasteiger partial charge in [0.2, 0.25) is 0 Å². The summed E-state index contributed by atoms with van der Waals surface area (Å²) in [6, 6.07) is 5.56. The maximum absolute atomic E-state index is 12.2. The molecule has 2 aliphatic rings. The van der Waals surface area contributed by atoms with Gasteiger partial charge in [-0.1, -0.05) is 0 Å². The number of anilines is 1. The van der Waals surface area contributed by atoms with Crippen LogP contribution in [0.2, 0.25) is 0 Å². The predicted octanol–water partition coefficient (Wildman–Crippen LogP) is 2.70. The van der Waals surface area contributed by atoms with Gasteiger partial charge in [0.1, 0.15) is 6.10 Å². The summed E-state index contributed by atoms with van der Waals surface area (Å²) in [5.41, 5.74) is 0.404. The zero-order valence-electron chi connectivity index (χ0n) is 13.0. The topological polar surface area (TPSA) is 79.5 Å². The summed E-state index contributed by atoms with van der Waals surface area (Å²) in [5.74, 6) is -0.108. The first kappa shape index (κ1) is 18.2. The fourth-order valence-corrected chi connectivity index (χ4v) is 5.21. The molecule has 0 bridgehead atoms. The van der Waals surface area contributed by atoms with Crippen molar-refractivity contribution >= 4 is 62.9 Å². The van der Waals surface area contributed by atoms with Crippen LogP contribution in [0.15, 0.2) is 18.2 Å². The normalized spacial score (nSPS) is 22.2. The highest BCUT2D eigenvalue weighted by Gasteiger charge is 2.49. The van der Waals surface area contributed by atoms with Crippen molar-refractivity contribution < 1.29 is 14.3 Å². The molecule has 0 aliphatic carbocycles. The van der Waals surface area contributed by atoms with E-state index in [4.69, 9.17) is 4.74 Å². The Bertz CT molecular complexity index is 627. The summed E-state index contributed by atoms with van der Waals surface area (Å²) < 4.78 is 7.61. The second-order valence-electron chi connectivity index (χ2n) is 6.25. The van der Waals surface area contributed by atoms with Crippen LogP contribution in [0, 0.1) is 12.6 Å². The quantitative estimate of drug-likeness (QED) is 0.396. The number of ether oxygens (including phenoxy) is 1. The van der Waals surface area contributed by atoms with Crippen molar-refractivity contribution in [3.05, 3.63) is 25.3 Å². The average Bonchev–Trinajstić information content (AvgIpc) is 2.81. The largest absolute Gasteiger partial charge is 0.460 e. The maximum atomic E-state index is 12.2. The number of urea groups is 1. The van der Waals surface area contributed by atoms with E-state index < -0.39 is 0 Å². The van der Waals surface area contributed by atoms with Gasteiger partial charge in [-0.2, -0.15) is 0 Å². The van der Waals surface area contributed by atoms with Crippen molar-refractivity contribution in [2.45, 2.75) is 25.4 Å². The fourth-order valence-electron chi connectivity index (χ4n) is 3.27. The van der Waals surface area contributed by atoms with Crippen LogP contribution >= 0.6 is 45.2 Å². The van der Waals surface area contributed by atoms with Crippen molar-refractivity contribution in [2.24, 2.45) is 5.41 Å². The van der Waals surface area contributed by atoms with E-state index in [1.807, 2.05) is 18.2 Å². The molecule has 3 N–H and O–H groups in total. The first-order valence-corrected chi connectivity index (χ1v) is 10.1. The summed E-state index contributed by atoms with van der Waals surface area (Å²) in [4.78, 5) is 24.3. The number of benzene rings is 1. The molecule has 0 aromatic heterocycles. The molecule has 1 atom stereocenters. The molecule has 0 radical (unpaired) electrons. The number of carbonyl (C=O) groups is 2. The highest BCUT2D eigenvalue weighted by atomic mass is 127. The van der Waals surface area contributed by atoms with Gasteiger partial charge in [0.05, 0.1) is 12.0 Å². The third kappa shape index (κ3) is 4.31. The Morgan fingerprint density at radius 1 is 1.25 bits per heavy atom. The van der Waals surface area contributed by atoms with Crippen LogP contribution in [0.5, 0.6) is 0 Å². The highest BCUT2D eigenvalue weighted by molar-refractivity contribution is 14.1. The van der Waals surface area contributed by atoms with Crippen molar-refractivity contribution in [3.8, 4) is 0 Å². The Labute approximate surface area is 168 Å². The lowest BCUT2D eigenvalue weighted by Crippen LogP contribution is -2.40. The third-order valence-corrected chi connectivity index (χ3v) is 5.74. The Balaban J connectivity index is 1.51. The van der Waals surface area contributed by atoms with Gasteiger partial charge >= 0.3 is 12.0 Å². The van der Waals surface area contributed by atoms with Crippen molar-refractivity contribution in [1.82, 2.24) is 10.6 Å². The van der Waals surface area contributed by atoms with Crippen molar-refractivity contribution in [1.29, 1.82) is 0 Å². The first-order chi connectivity index (χ1) is 11.5. The molecule has 1 aromatic rings. The van der Waals surface area contributed by atoms with Crippen LogP contribution in [-0.4, -0.2) is 37.7 Å². The van der Waals surface area contributed by atoms with E-state index in [0.29, 0.717) is 13.0 Å². The van der Waals surface area contributed by atoms with E-state index in [9.17, 15) is 9.59 Å². The molecule has 1 aromatic carbocycles. The Kier molecular flexibility index (Phi) is 5.85. The number of halogens is 2. The number of hydrogen-bond donors (Lipinski definition) is 3. The lowest BCUT2D eigenvalue weighted by atomic mass is 9.76. The van der Waals surface area contributed by atoms with E-state index in [1.165, 1.54) is 0 Å². The van der Waals surface area contributed by atoms with Gasteiger partial charge in [-0.05, 0) is 89.3 Å². The maximum Gasteiger partial charge on any atom is 0.319 e. The summed E-state index contributed by atoms with van der Waals surface area (Å²) in [6.45, 7) is 2.04. The molecule has 2 amide bonds. The molecular formula is C16H19I2N3O3. The van der Waals surface area contributed by atoms with E-state index in [0.717, 1.165) is 38.8 Å². The molecular weight excluding hydrogens is 536 g/mol. The monoisotopic (exact) mass is 555 g/mol. The highest BCUT2D eigenvalue weighted by Crippen LogP contribution is 2.41. The molecule has 2 fully saturated rings. The predicted molar refractivity (Wildman–Crippen MR) is 108 cm³/mol. The number of esters is 1. The third-order valence-electron chi connectivity index (χ3n) is 4.50. The molecule has 2 saturated heterocycles. The number of hydrogen-bond acceptors (Lipinski definition) is 4. The van der Waals surface area contributed by atoms with E-state index in [-0.39, 0.29) is 23.5 Å². The Hall–Kier alpha value is -0.620. The molecule has 1 unspecified atom stereocenters. The average molecular weight is 555 g/mol. The molecule has 6 nitrogen and oxygen atoms in total. The van der Waals surface area contributed by atoms with Gasteiger partial charge in [0, 0.05) is 19.2 Å². The number of rotatable bonds is 3. The summed E-state index contributed by atoms with van der Waals surface area (Å²) in [6.07, 6.45) is 2.08. The molecule has 24 heavy (non-hydrogen) atoms. The van der Waals surface area contributed by atoms with E-state index in [1.54, 1.807) is 0 Å².